The molecule has 1 saturated carbocycles. The molecule has 0 bridgehead atoms. The Hall–Kier alpha value is -1.07. The number of rotatable bonds is 3. The van der Waals surface area contributed by atoms with Gasteiger partial charge in [0.2, 0.25) is 0 Å². The van der Waals surface area contributed by atoms with Crippen LogP contribution in [-0.2, 0) is 15.4 Å². The van der Waals surface area contributed by atoms with Crippen LogP contribution < -0.4 is 4.74 Å². The van der Waals surface area contributed by atoms with Gasteiger partial charge in [0.25, 0.3) is 0 Å². The molecule has 1 aliphatic carbocycles. The van der Waals surface area contributed by atoms with Crippen molar-refractivity contribution in [2.24, 2.45) is 0 Å². The quantitative estimate of drug-likeness (QED) is 0.861. The van der Waals surface area contributed by atoms with Crippen molar-refractivity contribution in [2.75, 3.05) is 13.4 Å². The molecule has 1 aromatic rings. The highest BCUT2D eigenvalue weighted by Crippen LogP contribution is 2.46. The fraction of sp³-hybridized carbons (Fsp3) is 0.455. The number of methoxy groups -OCH3 is 1. The standard InChI is InChI=1S/C11H14O4S/c1-15-9-7-8(11(12)5-6-11)3-4-10(9)16(2,13)14/h3-4,7,12H,5-6H2,1-2H3. The smallest absolute Gasteiger partial charge is 0.179 e. The van der Waals surface area contributed by atoms with Gasteiger partial charge in [0, 0.05) is 6.26 Å². The average Bonchev–Trinajstić information content (AvgIpc) is 2.95. The van der Waals surface area contributed by atoms with Gasteiger partial charge in [-0.3, -0.25) is 0 Å². The Bertz CT molecular complexity index is 515. The van der Waals surface area contributed by atoms with E-state index in [0.717, 1.165) is 11.8 Å². The van der Waals surface area contributed by atoms with Crippen molar-refractivity contribution in [3.05, 3.63) is 23.8 Å². The molecule has 0 aromatic heterocycles. The van der Waals surface area contributed by atoms with Gasteiger partial charge >= 0.3 is 0 Å². The van der Waals surface area contributed by atoms with Crippen LogP contribution in [0.25, 0.3) is 0 Å². The van der Waals surface area contributed by atoms with Gasteiger partial charge in [-0.1, -0.05) is 6.07 Å². The molecule has 0 radical (unpaired) electrons. The van der Waals surface area contributed by atoms with E-state index in [9.17, 15) is 13.5 Å². The molecule has 5 heteroatoms. The molecule has 0 spiro atoms. The predicted molar refractivity (Wildman–Crippen MR) is 59.2 cm³/mol. The Labute approximate surface area is 94.8 Å². The third-order valence-corrected chi connectivity index (χ3v) is 3.96. The topological polar surface area (TPSA) is 63.6 Å². The highest BCUT2D eigenvalue weighted by atomic mass is 32.2. The summed E-state index contributed by atoms with van der Waals surface area (Å²) in [6.07, 6.45) is 2.57. The third kappa shape index (κ3) is 1.92. The van der Waals surface area contributed by atoms with Crippen molar-refractivity contribution < 1.29 is 18.3 Å². The molecule has 0 saturated heterocycles. The van der Waals surface area contributed by atoms with Crippen molar-refractivity contribution in [3.8, 4) is 5.75 Å². The largest absolute Gasteiger partial charge is 0.495 e. The van der Waals surface area contributed by atoms with Crippen LogP contribution in [0.2, 0.25) is 0 Å². The summed E-state index contributed by atoms with van der Waals surface area (Å²) in [5.74, 6) is 0.292. The van der Waals surface area contributed by atoms with E-state index in [1.54, 1.807) is 12.1 Å². The number of benzene rings is 1. The second-order valence-electron chi connectivity index (χ2n) is 4.17. The molecule has 4 nitrogen and oxygen atoms in total. The summed E-state index contributed by atoms with van der Waals surface area (Å²) in [5.41, 5.74) is -0.0553. The number of ether oxygens (including phenoxy) is 1. The number of sulfone groups is 1. The van der Waals surface area contributed by atoms with Crippen LogP contribution in [0.5, 0.6) is 5.75 Å². The van der Waals surface area contributed by atoms with Gasteiger partial charge in [-0.05, 0) is 30.5 Å². The molecule has 0 heterocycles. The Morgan fingerprint density at radius 1 is 1.38 bits per heavy atom. The summed E-state index contributed by atoms with van der Waals surface area (Å²) >= 11 is 0. The Morgan fingerprint density at radius 3 is 2.44 bits per heavy atom. The lowest BCUT2D eigenvalue weighted by molar-refractivity contribution is 0.151. The third-order valence-electron chi connectivity index (χ3n) is 2.82. The zero-order valence-electron chi connectivity index (χ0n) is 9.23. The van der Waals surface area contributed by atoms with Crippen LogP contribution >= 0.6 is 0 Å². The minimum atomic E-state index is -3.29. The summed E-state index contributed by atoms with van der Waals surface area (Å²) in [5, 5.41) is 9.91. The second-order valence-corrected chi connectivity index (χ2v) is 6.15. The first-order valence-electron chi connectivity index (χ1n) is 4.98. The molecule has 0 unspecified atom stereocenters. The van der Waals surface area contributed by atoms with E-state index >= 15 is 0 Å². The summed E-state index contributed by atoms with van der Waals surface area (Å²) < 4.78 is 27.9. The van der Waals surface area contributed by atoms with Crippen molar-refractivity contribution in [1.82, 2.24) is 0 Å². The van der Waals surface area contributed by atoms with Crippen LogP contribution in [0.15, 0.2) is 23.1 Å². The van der Waals surface area contributed by atoms with Crippen molar-refractivity contribution in [3.63, 3.8) is 0 Å². The maximum absolute atomic E-state index is 11.4. The zero-order chi connectivity index (χ0) is 12.0. The van der Waals surface area contributed by atoms with Crippen LogP contribution in [0, 0.1) is 0 Å². The molecule has 0 aliphatic heterocycles. The van der Waals surface area contributed by atoms with E-state index in [-0.39, 0.29) is 4.90 Å². The first kappa shape index (κ1) is 11.4. The summed E-state index contributed by atoms with van der Waals surface area (Å²) in [7, 11) is -1.87. The molecule has 2 rings (SSSR count). The minimum Gasteiger partial charge on any atom is -0.495 e. The first-order valence-corrected chi connectivity index (χ1v) is 6.87. The molecule has 88 valence electrons. The molecular weight excluding hydrogens is 228 g/mol. The summed E-state index contributed by atoms with van der Waals surface area (Å²) in [6.45, 7) is 0. The summed E-state index contributed by atoms with van der Waals surface area (Å²) in [4.78, 5) is 0.156. The van der Waals surface area contributed by atoms with Crippen molar-refractivity contribution in [2.45, 2.75) is 23.3 Å². The van der Waals surface area contributed by atoms with Crippen LogP contribution in [0.4, 0.5) is 0 Å². The molecule has 1 fully saturated rings. The monoisotopic (exact) mass is 242 g/mol. The first-order chi connectivity index (χ1) is 7.37. The highest BCUT2D eigenvalue weighted by molar-refractivity contribution is 7.90. The van der Waals surface area contributed by atoms with E-state index in [1.807, 2.05) is 0 Å². The van der Waals surface area contributed by atoms with Gasteiger partial charge in [-0.15, -0.1) is 0 Å². The van der Waals surface area contributed by atoms with Crippen LogP contribution in [0.3, 0.4) is 0 Å². The van der Waals surface area contributed by atoms with Crippen molar-refractivity contribution in [1.29, 1.82) is 0 Å². The molecule has 1 N–H and O–H groups in total. The van der Waals surface area contributed by atoms with E-state index in [4.69, 9.17) is 4.74 Å². The molecule has 0 amide bonds. The van der Waals surface area contributed by atoms with Gasteiger partial charge in [0.05, 0.1) is 12.7 Å². The number of hydrogen-bond acceptors (Lipinski definition) is 4. The highest BCUT2D eigenvalue weighted by Gasteiger charge is 2.42. The zero-order valence-corrected chi connectivity index (χ0v) is 10.0. The summed E-state index contributed by atoms with van der Waals surface area (Å²) in [6, 6.07) is 4.73. The predicted octanol–water partition coefficient (Wildman–Crippen LogP) is 1.08. The SMILES string of the molecule is COc1cc(C2(O)CC2)ccc1S(C)(=O)=O. The van der Waals surface area contributed by atoms with Crippen LogP contribution in [-0.4, -0.2) is 26.9 Å². The number of aliphatic hydroxyl groups is 1. The van der Waals surface area contributed by atoms with E-state index in [0.29, 0.717) is 18.6 Å². The maximum atomic E-state index is 11.4. The second kappa shape index (κ2) is 3.46. The van der Waals surface area contributed by atoms with Gasteiger partial charge in [0.1, 0.15) is 10.6 Å². The Morgan fingerprint density at radius 2 is 2.00 bits per heavy atom. The van der Waals surface area contributed by atoms with Crippen LogP contribution in [0.1, 0.15) is 18.4 Å². The fourth-order valence-electron chi connectivity index (χ4n) is 1.67. The average molecular weight is 242 g/mol. The molecule has 16 heavy (non-hydrogen) atoms. The maximum Gasteiger partial charge on any atom is 0.179 e. The lowest BCUT2D eigenvalue weighted by Crippen LogP contribution is -2.07. The molecule has 0 atom stereocenters. The van der Waals surface area contributed by atoms with Gasteiger partial charge in [-0.2, -0.15) is 0 Å². The van der Waals surface area contributed by atoms with Gasteiger partial charge < -0.3 is 9.84 Å². The van der Waals surface area contributed by atoms with E-state index in [2.05, 4.69) is 0 Å². The number of hydrogen-bond donors (Lipinski definition) is 1. The van der Waals surface area contributed by atoms with E-state index < -0.39 is 15.4 Å². The Balaban J connectivity index is 2.51. The van der Waals surface area contributed by atoms with Gasteiger partial charge in [0.15, 0.2) is 9.84 Å². The normalized spacial score (nSPS) is 18.2. The van der Waals surface area contributed by atoms with Gasteiger partial charge in [-0.25, -0.2) is 8.42 Å². The minimum absolute atomic E-state index is 0.156. The lowest BCUT2D eigenvalue weighted by Gasteiger charge is -2.12. The van der Waals surface area contributed by atoms with E-state index in [1.165, 1.54) is 13.2 Å². The lowest BCUT2D eigenvalue weighted by atomic mass is 10.1. The van der Waals surface area contributed by atoms with Crippen molar-refractivity contribution >= 4 is 9.84 Å². The fourth-order valence-corrected chi connectivity index (χ4v) is 2.49. The molecule has 1 aliphatic rings. The Kier molecular flexibility index (Phi) is 2.47. The molecular formula is C11H14O4S. The molecule has 1 aromatic carbocycles.